The highest BCUT2D eigenvalue weighted by Gasteiger charge is 2.51. The predicted molar refractivity (Wildman–Crippen MR) is 95.9 cm³/mol. The Morgan fingerprint density at radius 3 is 2.57 bits per heavy atom. The van der Waals surface area contributed by atoms with Crippen molar-refractivity contribution in [1.29, 1.82) is 0 Å². The Balaban J connectivity index is 1.53. The van der Waals surface area contributed by atoms with E-state index in [-0.39, 0.29) is 31.8 Å². The first kappa shape index (κ1) is 24.5. The lowest BCUT2D eigenvalue weighted by molar-refractivity contribution is -0.777. The zero-order valence-electron chi connectivity index (χ0n) is 16.7. The summed E-state index contributed by atoms with van der Waals surface area (Å²) in [5, 5.41) is 43.8. The summed E-state index contributed by atoms with van der Waals surface area (Å²) in [4.78, 5) is 0. The topological polar surface area (TPSA) is 158 Å². The molecule has 3 aliphatic rings. The average Bonchev–Trinajstić information content (AvgIpc) is 3.07. The first-order valence-electron chi connectivity index (χ1n) is 9.84. The van der Waals surface area contributed by atoms with Crippen LogP contribution in [0.4, 0.5) is 0 Å². The van der Waals surface area contributed by atoms with Crippen LogP contribution in [0.2, 0.25) is 0 Å². The van der Waals surface area contributed by atoms with Gasteiger partial charge in [0.1, 0.15) is 24.4 Å². The highest BCUT2D eigenvalue weighted by molar-refractivity contribution is 7.89. The van der Waals surface area contributed by atoms with Crippen LogP contribution in [0.3, 0.4) is 0 Å². The fraction of sp³-hybridized carbons (Fsp3) is 1.00. The van der Waals surface area contributed by atoms with Crippen molar-refractivity contribution < 1.29 is 57.8 Å². The molecule has 12 nitrogen and oxygen atoms in total. The summed E-state index contributed by atoms with van der Waals surface area (Å²) < 4.78 is 37.4. The summed E-state index contributed by atoms with van der Waals surface area (Å²) >= 11 is 0.318. The summed E-state index contributed by atoms with van der Waals surface area (Å²) in [6, 6.07) is 0. The van der Waals surface area contributed by atoms with Crippen molar-refractivity contribution in [1.82, 2.24) is 0 Å². The summed E-state index contributed by atoms with van der Waals surface area (Å²) in [7, 11) is 1.46. The molecule has 0 saturated carbocycles. The number of ether oxygens (including phenoxy) is 5. The molecule has 3 aliphatic heterocycles. The largest absolute Gasteiger partial charge is 0.691 e. The zero-order chi connectivity index (χ0) is 21.7. The summed E-state index contributed by atoms with van der Waals surface area (Å²) in [6.07, 6.45) is -4.95. The molecule has 2 bridgehead atoms. The molecule has 13 heteroatoms. The Morgan fingerprint density at radius 2 is 1.90 bits per heavy atom. The molecular weight excluding hydrogens is 428 g/mol. The van der Waals surface area contributed by atoms with E-state index in [9.17, 15) is 20.6 Å². The van der Waals surface area contributed by atoms with Crippen LogP contribution in [0.1, 0.15) is 13.3 Å². The van der Waals surface area contributed by atoms with E-state index in [4.69, 9.17) is 27.9 Å². The molecule has 0 aromatic heterocycles. The molecule has 3 fully saturated rings. The summed E-state index contributed by atoms with van der Waals surface area (Å²) in [6.45, 7) is 2.14. The Hall–Kier alpha value is -0.130. The van der Waals surface area contributed by atoms with Crippen LogP contribution >= 0.6 is 12.3 Å². The number of aliphatic hydroxyl groups is 3. The highest BCUT2D eigenvalue weighted by Crippen LogP contribution is 2.36. The van der Waals surface area contributed by atoms with Gasteiger partial charge in [-0.3, -0.25) is 9.22 Å². The predicted octanol–water partition coefficient (Wildman–Crippen LogP) is -1.93. The van der Waals surface area contributed by atoms with E-state index in [1.54, 1.807) is 0 Å². The van der Waals surface area contributed by atoms with Gasteiger partial charge >= 0.3 is 0 Å². The van der Waals surface area contributed by atoms with Gasteiger partial charge in [0.05, 0.1) is 44.7 Å². The van der Waals surface area contributed by atoms with Gasteiger partial charge in [-0.2, -0.15) is 0 Å². The summed E-state index contributed by atoms with van der Waals surface area (Å²) in [5.74, 6) is -0.575. The van der Waals surface area contributed by atoms with Crippen LogP contribution < -0.4 is 5.26 Å². The summed E-state index contributed by atoms with van der Waals surface area (Å²) in [5.41, 5.74) is 0. The molecule has 0 spiro atoms. The Kier molecular flexibility index (Phi) is 9.52. The maximum absolute atomic E-state index is 10.7. The molecule has 3 rings (SSSR count). The second-order valence-corrected chi connectivity index (χ2v) is 7.96. The average molecular weight is 457 g/mol. The van der Waals surface area contributed by atoms with Crippen LogP contribution in [-0.4, -0.2) is 97.9 Å². The van der Waals surface area contributed by atoms with Crippen molar-refractivity contribution in [2.24, 2.45) is 11.8 Å². The van der Waals surface area contributed by atoms with Crippen molar-refractivity contribution in [2.75, 3.05) is 33.5 Å². The minimum absolute atomic E-state index is 0.0634. The number of hydrogen-bond acceptors (Lipinski definition) is 13. The maximum Gasteiger partial charge on any atom is 0.193 e. The third kappa shape index (κ3) is 5.26. The van der Waals surface area contributed by atoms with Crippen LogP contribution in [0.25, 0.3) is 0 Å². The SMILES string of the molecule is CC[C@@H]1C(O)[C@H](COC[C@H]2C3CO[C@H]2C(O)[C@@H](OC)O3)OC(CO)[C@@H]1OSOO[O-]. The fourth-order valence-electron chi connectivity index (χ4n) is 4.37. The van der Waals surface area contributed by atoms with Crippen molar-refractivity contribution in [2.45, 2.75) is 62.4 Å². The maximum atomic E-state index is 10.7. The van der Waals surface area contributed by atoms with Gasteiger partial charge in [0.25, 0.3) is 0 Å². The Bertz CT molecular complexity index is 515. The molecule has 0 amide bonds. The van der Waals surface area contributed by atoms with Gasteiger partial charge in [-0.1, -0.05) is 6.92 Å². The standard InChI is InChI=1S/C17H30O12S/c1-3-8-13(19)12(25-10(4-18)15(8)27-30-29-28-21)6-23-5-9-11-7-24-16(9)14(20)17(22-2)26-11/h8-21H,3-7H2,1-2H3/p-1/t8-,9+,10?,11?,12+,13?,14?,15-,16-,17+/m1/s1. The van der Waals surface area contributed by atoms with Gasteiger partial charge in [0.2, 0.25) is 0 Å². The smallest absolute Gasteiger partial charge is 0.193 e. The van der Waals surface area contributed by atoms with Gasteiger partial charge in [-0.25, -0.2) is 0 Å². The van der Waals surface area contributed by atoms with Crippen molar-refractivity contribution in [3.63, 3.8) is 0 Å². The van der Waals surface area contributed by atoms with Crippen LogP contribution in [0, 0.1) is 11.8 Å². The van der Waals surface area contributed by atoms with Crippen LogP contribution in [0.15, 0.2) is 0 Å². The van der Waals surface area contributed by atoms with E-state index >= 15 is 0 Å². The van der Waals surface area contributed by atoms with E-state index in [2.05, 4.69) is 9.37 Å². The Labute approximate surface area is 178 Å². The first-order chi connectivity index (χ1) is 14.5. The van der Waals surface area contributed by atoms with Crippen molar-refractivity contribution in [3.8, 4) is 0 Å². The van der Waals surface area contributed by atoms with E-state index < -0.39 is 48.8 Å². The lowest BCUT2D eigenvalue weighted by atomic mass is 9.84. The molecule has 4 unspecified atom stereocenters. The van der Waals surface area contributed by atoms with Gasteiger partial charge in [-0.05, 0) is 6.42 Å². The minimum atomic E-state index is -0.935. The second-order valence-electron chi connectivity index (χ2n) is 7.49. The number of aliphatic hydroxyl groups excluding tert-OH is 3. The molecule has 3 N–H and O–H groups in total. The van der Waals surface area contributed by atoms with Gasteiger partial charge in [0.15, 0.2) is 18.6 Å². The molecule has 30 heavy (non-hydrogen) atoms. The van der Waals surface area contributed by atoms with Gasteiger partial charge in [0, 0.05) is 18.9 Å². The lowest BCUT2D eigenvalue weighted by Crippen LogP contribution is -2.57. The van der Waals surface area contributed by atoms with Crippen LogP contribution in [-0.2, 0) is 37.2 Å². The highest BCUT2D eigenvalue weighted by atomic mass is 32.2. The van der Waals surface area contributed by atoms with E-state index in [0.717, 1.165) is 0 Å². The number of methoxy groups -OCH3 is 1. The van der Waals surface area contributed by atoms with E-state index in [0.29, 0.717) is 25.4 Å². The van der Waals surface area contributed by atoms with Crippen molar-refractivity contribution in [3.05, 3.63) is 0 Å². The second kappa shape index (κ2) is 11.7. The van der Waals surface area contributed by atoms with E-state index in [1.807, 2.05) is 6.92 Å². The molecule has 0 aromatic carbocycles. The Morgan fingerprint density at radius 1 is 1.10 bits per heavy atom. The molecule has 0 aromatic rings. The quantitative estimate of drug-likeness (QED) is 0.136. The van der Waals surface area contributed by atoms with Crippen LogP contribution in [0.5, 0.6) is 0 Å². The molecule has 3 heterocycles. The first-order valence-corrected chi connectivity index (χ1v) is 10.5. The lowest BCUT2D eigenvalue weighted by Gasteiger charge is -2.43. The molecular formula is C17H29O12S-. The van der Waals surface area contributed by atoms with Crippen molar-refractivity contribution >= 4 is 12.3 Å². The normalized spacial score (nSPS) is 43.8. The van der Waals surface area contributed by atoms with Gasteiger partial charge < -0.3 is 44.3 Å². The fourth-order valence-corrected chi connectivity index (χ4v) is 4.79. The number of fused-ring (bicyclic) bond motifs is 2. The third-order valence-corrected chi connectivity index (χ3v) is 6.33. The molecule has 0 radical (unpaired) electrons. The van der Waals surface area contributed by atoms with E-state index in [1.165, 1.54) is 7.11 Å². The number of hydrogen-bond donors (Lipinski definition) is 3. The monoisotopic (exact) mass is 457 g/mol. The minimum Gasteiger partial charge on any atom is -0.691 e. The third-order valence-electron chi connectivity index (χ3n) is 5.92. The van der Waals surface area contributed by atoms with Gasteiger partial charge in [-0.15, -0.1) is 4.33 Å². The molecule has 10 atom stereocenters. The number of rotatable bonds is 11. The molecule has 176 valence electrons. The molecule has 0 aliphatic carbocycles. The zero-order valence-corrected chi connectivity index (χ0v) is 17.5. The molecule has 3 saturated heterocycles.